The summed E-state index contributed by atoms with van der Waals surface area (Å²) in [5.41, 5.74) is -1.76. The Hall–Kier alpha value is -2.56. The normalized spacial score (nSPS) is 17.5. The molecule has 2 aromatic rings. The number of amides is 1. The number of benzene rings is 2. The van der Waals surface area contributed by atoms with E-state index < -0.39 is 34.1 Å². The fourth-order valence-corrected chi connectivity index (χ4v) is 4.63. The highest BCUT2D eigenvalue weighted by Gasteiger charge is 2.51. The first-order valence-electron chi connectivity index (χ1n) is 10.6. The van der Waals surface area contributed by atoms with Crippen molar-refractivity contribution in [1.29, 1.82) is 0 Å². The molecular formula is C24H21BrCl2F3N3O3. The molecular weight excluding hydrogens is 586 g/mol. The van der Waals surface area contributed by atoms with Gasteiger partial charge in [0.2, 0.25) is 5.91 Å². The Morgan fingerprint density at radius 3 is 2.47 bits per heavy atom. The van der Waals surface area contributed by atoms with Gasteiger partial charge in [-0.2, -0.15) is 18.3 Å². The molecule has 0 aromatic heterocycles. The van der Waals surface area contributed by atoms with E-state index in [1.165, 1.54) is 11.1 Å². The molecule has 1 aliphatic heterocycles. The van der Waals surface area contributed by atoms with Gasteiger partial charge in [0.1, 0.15) is 12.0 Å². The van der Waals surface area contributed by atoms with Gasteiger partial charge in [-0.15, -0.1) is 0 Å². The summed E-state index contributed by atoms with van der Waals surface area (Å²) >= 11 is 15.4. The second kappa shape index (κ2) is 11.2. The Labute approximate surface area is 224 Å². The maximum atomic E-state index is 13.2. The summed E-state index contributed by atoms with van der Waals surface area (Å²) in [6, 6.07) is 9.98. The summed E-state index contributed by atoms with van der Waals surface area (Å²) in [5.74, 6) is -1.12. The van der Waals surface area contributed by atoms with Gasteiger partial charge in [-0.3, -0.25) is 14.6 Å². The largest absolute Gasteiger partial charge is 0.465 e. The number of hydrazone groups is 1. The van der Waals surface area contributed by atoms with Crippen LogP contribution in [0.4, 0.5) is 18.9 Å². The number of allylic oxidation sites excluding steroid dienone is 1. The van der Waals surface area contributed by atoms with Crippen molar-refractivity contribution in [1.82, 2.24) is 5.01 Å². The van der Waals surface area contributed by atoms with E-state index in [9.17, 15) is 22.8 Å². The molecule has 3 rings (SSSR count). The fraction of sp³-hybridized carbons (Fsp3) is 0.292. The lowest BCUT2D eigenvalue weighted by Gasteiger charge is -2.28. The minimum atomic E-state index is -4.66. The maximum absolute atomic E-state index is 13.2. The first-order valence-corrected chi connectivity index (χ1v) is 12.2. The molecule has 0 spiro atoms. The Morgan fingerprint density at radius 2 is 1.92 bits per heavy atom. The topological polar surface area (TPSA) is 71.0 Å². The van der Waals surface area contributed by atoms with Crippen molar-refractivity contribution in [3.8, 4) is 0 Å². The number of alkyl halides is 3. The number of anilines is 1. The zero-order valence-corrected chi connectivity index (χ0v) is 22.1. The molecule has 1 atom stereocenters. The SMILES string of the molecule is C=C(Cl)CC1(C(=O)OCC)CN(CC(=O)Nc2ccc(Br)cc2)N=C1c1ccc(C(F)(F)F)c(Cl)c1. The fourth-order valence-electron chi connectivity index (χ4n) is 3.85. The molecule has 1 unspecified atom stereocenters. The number of carbonyl (C=O) groups excluding carboxylic acids is 2. The summed E-state index contributed by atoms with van der Waals surface area (Å²) in [5, 5.41) is 8.05. The number of esters is 1. The molecule has 6 nitrogen and oxygen atoms in total. The average Bonchev–Trinajstić information content (AvgIpc) is 3.12. The number of hydrogen-bond acceptors (Lipinski definition) is 5. The zero-order chi connectivity index (χ0) is 26.7. The maximum Gasteiger partial charge on any atom is 0.417 e. The molecule has 0 aliphatic carbocycles. The predicted molar refractivity (Wildman–Crippen MR) is 136 cm³/mol. The molecule has 2 aromatic carbocycles. The Bertz CT molecular complexity index is 1210. The van der Waals surface area contributed by atoms with Crippen LogP contribution >= 0.6 is 39.1 Å². The lowest BCUT2D eigenvalue weighted by Crippen LogP contribution is -2.44. The lowest BCUT2D eigenvalue weighted by atomic mass is 9.77. The summed E-state index contributed by atoms with van der Waals surface area (Å²) in [6.07, 6.45) is -4.78. The molecule has 0 saturated carbocycles. The van der Waals surface area contributed by atoms with Crippen LogP contribution in [-0.2, 0) is 20.5 Å². The molecule has 0 fully saturated rings. The quantitative estimate of drug-likeness (QED) is 0.350. The second-order valence-electron chi connectivity index (χ2n) is 8.02. The molecule has 1 N–H and O–H groups in total. The third kappa shape index (κ3) is 6.41. The first-order chi connectivity index (χ1) is 16.9. The van der Waals surface area contributed by atoms with Crippen molar-refractivity contribution in [2.24, 2.45) is 10.5 Å². The van der Waals surface area contributed by atoms with Crippen LogP contribution in [0.15, 0.2) is 63.6 Å². The van der Waals surface area contributed by atoms with Gasteiger partial charge < -0.3 is 10.1 Å². The minimum Gasteiger partial charge on any atom is -0.465 e. The van der Waals surface area contributed by atoms with E-state index in [0.29, 0.717) is 5.69 Å². The molecule has 0 bridgehead atoms. The van der Waals surface area contributed by atoms with Crippen LogP contribution in [0.5, 0.6) is 0 Å². The van der Waals surface area contributed by atoms with Gasteiger partial charge in [0.05, 0.1) is 29.4 Å². The van der Waals surface area contributed by atoms with E-state index >= 15 is 0 Å². The summed E-state index contributed by atoms with van der Waals surface area (Å²) < 4.78 is 45.9. The van der Waals surface area contributed by atoms with Crippen LogP contribution in [0.1, 0.15) is 24.5 Å². The van der Waals surface area contributed by atoms with Crippen LogP contribution in [-0.4, -0.2) is 42.3 Å². The smallest absolute Gasteiger partial charge is 0.417 e. The van der Waals surface area contributed by atoms with Gasteiger partial charge in [-0.05, 0) is 43.3 Å². The molecule has 36 heavy (non-hydrogen) atoms. The van der Waals surface area contributed by atoms with E-state index in [1.54, 1.807) is 31.2 Å². The minimum absolute atomic E-state index is 0.0421. The first kappa shape index (κ1) is 28.0. The van der Waals surface area contributed by atoms with E-state index in [1.807, 2.05) is 0 Å². The van der Waals surface area contributed by atoms with Crippen LogP contribution in [0.2, 0.25) is 5.02 Å². The summed E-state index contributed by atoms with van der Waals surface area (Å²) in [6.45, 7) is 4.97. The van der Waals surface area contributed by atoms with Crippen molar-refractivity contribution in [2.75, 3.05) is 25.0 Å². The molecule has 12 heteroatoms. The van der Waals surface area contributed by atoms with Crippen LogP contribution < -0.4 is 5.32 Å². The van der Waals surface area contributed by atoms with Crippen molar-refractivity contribution >= 4 is 62.4 Å². The van der Waals surface area contributed by atoms with Gasteiger partial charge >= 0.3 is 12.1 Å². The van der Waals surface area contributed by atoms with Crippen molar-refractivity contribution in [3.05, 3.63) is 74.7 Å². The monoisotopic (exact) mass is 605 g/mol. The van der Waals surface area contributed by atoms with E-state index in [4.69, 9.17) is 27.9 Å². The van der Waals surface area contributed by atoms with Gasteiger partial charge in [0, 0.05) is 27.2 Å². The third-order valence-electron chi connectivity index (χ3n) is 5.31. The molecule has 1 aliphatic rings. The predicted octanol–water partition coefficient (Wildman–Crippen LogP) is 6.47. The van der Waals surface area contributed by atoms with Crippen molar-refractivity contribution in [3.63, 3.8) is 0 Å². The number of nitrogens with zero attached hydrogens (tertiary/aromatic N) is 2. The molecule has 1 amide bonds. The number of hydrogen-bond donors (Lipinski definition) is 1. The van der Waals surface area contributed by atoms with Gasteiger partial charge in [0.25, 0.3) is 0 Å². The van der Waals surface area contributed by atoms with Crippen LogP contribution in [0.25, 0.3) is 0 Å². The Balaban J connectivity index is 1.99. The van der Waals surface area contributed by atoms with E-state index in [0.717, 1.165) is 16.6 Å². The second-order valence-corrected chi connectivity index (χ2v) is 9.87. The highest BCUT2D eigenvalue weighted by atomic mass is 79.9. The number of nitrogens with one attached hydrogen (secondary N) is 1. The highest BCUT2D eigenvalue weighted by Crippen LogP contribution is 2.41. The number of rotatable bonds is 8. The average molecular weight is 607 g/mol. The van der Waals surface area contributed by atoms with Crippen LogP contribution in [0, 0.1) is 5.41 Å². The zero-order valence-electron chi connectivity index (χ0n) is 19.0. The Morgan fingerprint density at radius 1 is 1.25 bits per heavy atom. The summed E-state index contributed by atoms with van der Waals surface area (Å²) in [4.78, 5) is 25.9. The van der Waals surface area contributed by atoms with E-state index in [-0.39, 0.29) is 42.4 Å². The van der Waals surface area contributed by atoms with Crippen LogP contribution in [0.3, 0.4) is 0 Å². The molecule has 192 valence electrons. The number of ether oxygens (including phenoxy) is 1. The van der Waals surface area contributed by atoms with Gasteiger partial charge in [0.15, 0.2) is 0 Å². The molecule has 0 radical (unpaired) electrons. The molecule has 0 saturated heterocycles. The third-order valence-corrected chi connectivity index (χ3v) is 6.28. The molecule has 1 heterocycles. The van der Waals surface area contributed by atoms with E-state index in [2.05, 4.69) is 32.9 Å². The summed E-state index contributed by atoms with van der Waals surface area (Å²) in [7, 11) is 0. The Kier molecular flexibility index (Phi) is 8.74. The van der Waals surface area contributed by atoms with Crippen molar-refractivity contribution in [2.45, 2.75) is 19.5 Å². The number of carbonyl (C=O) groups is 2. The van der Waals surface area contributed by atoms with Gasteiger partial charge in [-0.25, -0.2) is 0 Å². The van der Waals surface area contributed by atoms with Crippen molar-refractivity contribution < 1.29 is 27.5 Å². The standard InChI is InChI=1S/C24H21BrCl2F3N3O3/c1-3-36-22(35)23(11-14(2)26)13-33(12-20(34)31-17-7-5-16(25)6-8-17)32-21(23)15-4-9-18(19(27)10-15)24(28,29)30/h4-10H,2-3,11-13H2,1H3,(H,31,34). The lowest BCUT2D eigenvalue weighted by molar-refractivity contribution is -0.151. The highest BCUT2D eigenvalue weighted by molar-refractivity contribution is 9.10. The van der Waals surface area contributed by atoms with Gasteiger partial charge in [-0.1, -0.05) is 51.8 Å². The number of halogens is 6.